The van der Waals surface area contributed by atoms with Crippen LogP contribution in [0, 0.1) is 10.1 Å². The second kappa shape index (κ2) is 13.2. The van der Waals surface area contributed by atoms with E-state index in [0.29, 0.717) is 11.3 Å². The van der Waals surface area contributed by atoms with Crippen LogP contribution in [0.2, 0.25) is 0 Å². The third-order valence-electron chi connectivity index (χ3n) is 5.01. The monoisotopic (exact) mass is 490 g/mol. The van der Waals surface area contributed by atoms with Crippen LogP contribution in [0.5, 0.6) is 5.75 Å². The van der Waals surface area contributed by atoms with Gasteiger partial charge in [-0.25, -0.2) is 10.2 Å². The second-order valence-corrected chi connectivity index (χ2v) is 7.59. The number of carbonyl (C=O) groups excluding carboxylic acids is 2. The van der Waals surface area contributed by atoms with E-state index >= 15 is 0 Å². The number of ether oxygens (including phenoxy) is 2. The molecule has 0 aliphatic carbocycles. The van der Waals surface area contributed by atoms with E-state index in [1.807, 2.05) is 30.3 Å². The number of rotatable bonds is 11. The molecule has 10 nitrogen and oxygen atoms in total. The lowest BCUT2D eigenvalue weighted by atomic mass is 10.1. The van der Waals surface area contributed by atoms with Crippen LogP contribution in [0.25, 0.3) is 0 Å². The third kappa shape index (κ3) is 7.94. The molecule has 0 radical (unpaired) electrons. The van der Waals surface area contributed by atoms with Crippen molar-refractivity contribution in [3.63, 3.8) is 0 Å². The highest BCUT2D eigenvalue weighted by Gasteiger charge is 2.21. The Morgan fingerprint density at radius 1 is 1.00 bits per heavy atom. The second-order valence-electron chi connectivity index (χ2n) is 7.59. The Labute approximate surface area is 208 Å². The quantitative estimate of drug-likeness (QED) is 0.237. The van der Waals surface area contributed by atoms with Crippen LogP contribution < -0.4 is 15.5 Å². The number of para-hydroxylation sites is 1. The SMILES string of the molecule is CCOC(=O)N[C@H](Cc1ccccc1)C(=O)N/N=C\c1ccccc1OCc1ccc([N+](=O)[O-])cc1. The first kappa shape index (κ1) is 25.9. The summed E-state index contributed by atoms with van der Waals surface area (Å²) >= 11 is 0. The van der Waals surface area contributed by atoms with Crippen molar-refractivity contribution in [2.45, 2.75) is 26.0 Å². The van der Waals surface area contributed by atoms with Crippen LogP contribution in [0.3, 0.4) is 0 Å². The van der Waals surface area contributed by atoms with Crippen molar-refractivity contribution in [1.82, 2.24) is 10.7 Å². The molecule has 0 spiro atoms. The molecule has 0 unspecified atom stereocenters. The van der Waals surface area contributed by atoms with Gasteiger partial charge in [-0.3, -0.25) is 14.9 Å². The molecular formula is C26H26N4O6. The van der Waals surface area contributed by atoms with Crippen molar-refractivity contribution < 1.29 is 24.0 Å². The number of carbonyl (C=O) groups is 2. The number of hydrazone groups is 1. The average Bonchev–Trinajstić information content (AvgIpc) is 2.88. The molecule has 0 heterocycles. The average molecular weight is 491 g/mol. The maximum Gasteiger partial charge on any atom is 0.407 e. The van der Waals surface area contributed by atoms with Gasteiger partial charge in [-0.05, 0) is 42.3 Å². The van der Waals surface area contributed by atoms with Gasteiger partial charge in [0.25, 0.3) is 11.6 Å². The van der Waals surface area contributed by atoms with Crippen LogP contribution in [0.15, 0.2) is 84.0 Å². The van der Waals surface area contributed by atoms with E-state index in [1.165, 1.54) is 18.3 Å². The van der Waals surface area contributed by atoms with Crippen molar-refractivity contribution >= 4 is 23.9 Å². The normalized spacial score (nSPS) is 11.5. The largest absolute Gasteiger partial charge is 0.488 e. The molecule has 3 aromatic carbocycles. The summed E-state index contributed by atoms with van der Waals surface area (Å²) in [4.78, 5) is 35.0. The summed E-state index contributed by atoms with van der Waals surface area (Å²) in [5.74, 6) is 0.00627. The highest BCUT2D eigenvalue weighted by molar-refractivity contribution is 5.88. The minimum atomic E-state index is -0.891. The molecule has 10 heteroatoms. The Balaban J connectivity index is 1.63. The standard InChI is InChI=1S/C26H26N4O6/c1-2-35-26(32)28-23(16-19-8-4-3-5-9-19)25(31)29-27-17-21-10-6-7-11-24(21)36-18-20-12-14-22(15-13-20)30(33)34/h3-15,17,23H,2,16,18H2,1H3,(H,28,32)(H,29,31)/b27-17-/t23-/m1/s1. The number of non-ortho nitro benzene ring substituents is 1. The Morgan fingerprint density at radius 2 is 1.69 bits per heavy atom. The fourth-order valence-electron chi connectivity index (χ4n) is 3.21. The van der Waals surface area contributed by atoms with Crippen molar-refractivity contribution in [3.05, 3.63) is 106 Å². The topological polar surface area (TPSA) is 132 Å². The number of amides is 2. The van der Waals surface area contributed by atoms with Crippen LogP contribution in [-0.4, -0.2) is 35.8 Å². The van der Waals surface area contributed by atoms with Crippen molar-refractivity contribution in [2.24, 2.45) is 5.10 Å². The Bertz CT molecular complexity index is 1200. The zero-order valence-corrected chi connectivity index (χ0v) is 19.6. The predicted octanol–water partition coefficient (Wildman–Crippen LogP) is 3.98. The summed E-state index contributed by atoms with van der Waals surface area (Å²) in [6.45, 7) is 2.05. The van der Waals surface area contributed by atoms with Gasteiger partial charge < -0.3 is 14.8 Å². The van der Waals surface area contributed by atoms with Crippen LogP contribution >= 0.6 is 0 Å². The number of nitrogens with one attached hydrogen (secondary N) is 2. The van der Waals surface area contributed by atoms with Crippen molar-refractivity contribution in [2.75, 3.05) is 6.61 Å². The zero-order valence-electron chi connectivity index (χ0n) is 19.6. The van der Waals surface area contributed by atoms with E-state index in [-0.39, 0.29) is 25.3 Å². The zero-order chi connectivity index (χ0) is 25.8. The lowest BCUT2D eigenvalue weighted by Crippen LogP contribution is -2.47. The summed E-state index contributed by atoms with van der Waals surface area (Å²) in [7, 11) is 0. The molecule has 0 fully saturated rings. The lowest BCUT2D eigenvalue weighted by Gasteiger charge is -2.17. The molecule has 0 aliphatic rings. The Hall–Kier alpha value is -4.73. The van der Waals surface area contributed by atoms with E-state index < -0.39 is 23.0 Å². The molecule has 0 saturated heterocycles. The maximum absolute atomic E-state index is 12.8. The summed E-state index contributed by atoms with van der Waals surface area (Å²) in [6.07, 6.45) is 1.01. The van der Waals surface area contributed by atoms with Crippen LogP contribution in [0.1, 0.15) is 23.6 Å². The van der Waals surface area contributed by atoms with E-state index in [9.17, 15) is 19.7 Å². The van der Waals surface area contributed by atoms with Gasteiger partial charge in [0.1, 0.15) is 18.4 Å². The Morgan fingerprint density at radius 3 is 2.39 bits per heavy atom. The first-order valence-corrected chi connectivity index (χ1v) is 11.2. The van der Waals surface area contributed by atoms with E-state index in [2.05, 4.69) is 15.8 Å². The van der Waals surface area contributed by atoms with Gasteiger partial charge in [-0.1, -0.05) is 42.5 Å². The number of hydrogen-bond acceptors (Lipinski definition) is 7. The highest BCUT2D eigenvalue weighted by atomic mass is 16.6. The van der Waals surface area contributed by atoms with Crippen molar-refractivity contribution in [1.29, 1.82) is 0 Å². The number of alkyl carbamates (subject to hydrolysis) is 1. The maximum atomic E-state index is 12.8. The molecular weight excluding hydrogens is 464 g/mol. The summed E-state index contributed by atoms with van der Waals surface area (Å²) < 4.78 is 10.8. The third-order valence-corrected chi connectivity index (χ3v) is 5.01. The molecule has 2 amide bonds. The first-order valence-electron chi connectivity index (χ1n) is 11.2. The first-order chi connectivity index (χ1) is 17.5. The fraction of sp³-hybridized carbons (Fsp3) is 0.192. The molecule has 0 saturated carbocycles. The van der Waals surface area contributed by atoms with Crippen LogP contribution in [-0.2, 0) is 22.6 Å². The smallest absolute Gasteiger partial charge is 0.407 e. The molecule has 0 bridgehead atoms. The molecule has 36 heavy (non-hydrogen) atoms. The van der Waals surface area contributed by atoms with Gasteiger partial charge in [-0.2, -0.15) is 5.10 Å². The highest BCUT2D eigenvalue weighted by Crippen LogP contribution is 2.19. The number of hydrogen-bond donors (Lipinski definition) is 2. The van der Waals surface area contributed by atoms with Crippen molar-refractivity contribution in [3.8, 4) is 5.75 Å². The number of nitro benzene ring substituents is 1. The van der Waals surface area contributed by atoms with E-state index in [1.54, 1.807) is 43.3 Å². The minimum absolute atomic E-state index is 0.00467. The van der Waals surface area contributed by atoms with Gasteiger partial charge in [-0.15, -0.1) is 0 Å². The summed E-state index contributed by atoms with van der Waals surface area (Å²) in [5, 5.41) is 17.4. The van der Waals surface area contributed by atoms with E-state index in [4.69, 9.17) is 9.47 Å². The van der Waals surface area contributed by atoms with Gasteiger partial charge in [0, 0.05) is 24.1 Å². The number of nitro groups is 1. The summed E-state index contributed by atoms with van der Waals surface area (Å²) in [5.41, 5.74) is 4.69. The van der Waals surface area contributed by atoms with Gasteiger partial charge in [0.2, 0.25) is 0 Å². The van der Waals surface area contributed by atoms with Gasteiger partial charge >= 0.3 is 6.09 Å². The predicted molar refractivity (Wildman–Crippen MR) is 134 cm³/mol. The van der Waals surface area contributed by atoms with Crippen LogP contribution in [0.4, 0.5) is 10.5 Å². The van der Waals surface area contributed by atoms with Gasteiger partial charge in [0.05, 0.1) is 17.7 Å². The molecule has 1 atom stereocenters. The molecule has 3 aromatic rings. The molecule has 186 valence electrons. The minimum Gasteiger partial charge on any atom is -0.488 e. The molecule has 3 rings (SSSR count). The summed E-state index contributed by atoms with van der Waals surface area (Å²) in [6, 6.07) is 21.5. The number of nitrogens with zero attached hydrogens (tertiary/aromatic N) is 2. The lowest BCUT2D eigenvalue weighted by molar-refractivity contribution is -0.384. The molecule has 2 N–H and O–H groups in total. The Kier molecular flexibility index (Phi) is 9.51. The van der Waals surface area contributed by atoms with E-state index in [0.717, 1.165) is 11.1 Å². The number of benzene rings is 3. The molecule has 0 aromatic heterocycles. The van der Waals surface area contributed by atoms with Gasteiger partial charge in [0.15, 0.2) is 0 Å². The molecule has 0 aliphatic heterocycles. The fourth-order valence-corrected chi connectivity index (χ4v) is 3.21.